The number of hydrogen-bond acceptors (Lipinski definition) is 3. The summed E-state index contributed by atoms with van der Waals surface area (Å²) < 4.78 is 83.4. The molecule has 94 valence electrons. The third kappa shape index (κ3) is 6.15. The second kappa shape index (κ2) is 4.83. The summed E-state index contributed by atoms with van der Waals surface area (Å²) in [6, 6.07) is 0. The van der Waals surface area contributed by atoms with Crippen molar-refractivity contribution in [1.29, 1.82) is 0 Å². The van der Waals surface area contributed by atoms with Gasteiger partial charge in [0, 0.05) is 12.0 Å². The van der Waals surface area contributed by atoms with Crippen molar-refractivity contribution in [3.05, 3.63) is 0 Å². The molecule has 0 aliphatic carbocycles. The highest BCUT2D eigenvalue weighted by atomic mass is 32.3. The third-order valence-electron chi connectivity index (χ3n) is 1.17. The number of halogens is 5. The van der Waals surface area contributed by atoms with E-state index in [-0.39, 0.29) is 0 Å². The lowest BCUT2D eigenvalue weighted by Crippen LogP contribution is -2.26. The van der Waals surface area contributed by atoms with Crippen molar-refractivity contribution in [3.8, 4) is 0 Å². The molecule has 0 fully saturated rings. The van der Waals surface area contributed by atoms with E-state index in [1.807, 2.05) is 0 Å². The summed E-state index contributed by atoms with van der Waals surface area (Å²) in [5, 5.41) is 0. The van der Waals surface area contributed by atoms with E-state index in [0.717, 1.165) is 0 Å². The highest BCUT2D eigenvalue weighted by Gasteiger charge is 2.47. The molecule has 0 aliphatic rings. The van der Waals surface area contributed by atoms with E-state index in [1.165, 1.54) is 0 Å². The average Bonchev–Trinajstić information content (AvgIpc) is 1.94. The fraction of sp³-hybridized carbons (Fsp3) is 1.00. The molecule has 0 heterocycles. The first-order valence-corrected chi connectivity index (χ1v) is 6.98. The van der Waals surface area contributed by atoms with E-state index < -0.39 is 45.2 Å². The van der Waals surface area contributed by atoms with Crippen molar-refractivity contribution in [2.45, 2.75) is 11.9 Å². The number of rotatable bonds is 5. The van der Waals surface area contributed by atoms with Crippen LogP contribution in [-0.4, -0.2) is 32.5 Å². The molecule has 0 aromatic carbocycles. The van der Waals surface area contributed by atoms with Crippen LogP contribution < -0.4 is 0 Å². The molecule has 0 atom stereocenters. The first-order valence-electron chi connectivity index (χ1n) is 3.57. The van der Waals surface area contributed by atoms with E-state index in [1.54, 1.807) is 0 Å². The van der Waals surface area contributed by atoms with E-state index in [4.69, 9.17) is 0 Å². The summed E-state index contributed by atoms with van der Waals surface area (Å²) in [5.41, 5.74) is -5.51. The minimum Gasteiger partial charge on any atom is -0.263 e. The number of hydrogen-bond donors (Lipinski definition) is 0. The predicted octanol–water partition coefficient (Wildman–Crippen LogP) is 2.45. The Morgan fingerprint density at radius 3 is 2.00 bits per heavy atom. The van der Waals surface area contributed by atoms with Crippen molar-refractivity contribution in [2.75, 3.05) is 18.6 Å². The molecular weight excluding hydrogens is 267 g/mol. The molecule has 0 rings (SSSR count). The molecule has 0 saturated heterocycles. The molecule has 0 spiro atoms. The summed E-state index contributed by atoms with van der Waals surface area (Å²) in [6.45, 7) is -0.891. The van der Waals surface area contributed by atoms with Crippen molar-refractivity contribution in [2.24, 2.45) is 0 Å². The Balaban J connectivity index is 3.99. The van der Waals surface area contributed by atoms with E-state index in [0.29, 0.717) is 6.26 Å². The molecule has 0 bridgehead atoms. The standard InChI is InChI=1S/C5H9F5O3S2/c1-14(9,10)4-2-3-13-15(11,12)5(6,7)8/h2-4H2,1H3. The Kier molecular flexibility index (Phi) is 4.80. The Morgan fingerprint density at radius 1 is 1.20 bits per heavy atom. The highest BCUT2D eigenvalue weighted by molar-refractivity contribution is 8.24. The van der Waals surface area contributed by atoms with Gasteiger partial charge in [-0.1, -0.05) is 0 Å². The molecule has 0 N–H and O–H groups in total. The van der Waals surface area contributed by atoms with Crippen LogP contribution >= 0.6 is 10.8 Å². The van der Waals surface area contributed by atoms with Gasteiger partial charge in [-0.15, -0.1) is 0 Å². The molecule has 0 aromatic heterocycles. The van der Waals surface area contributed by atoms with E-state index >= 15 is 0 Å². The topological polar surface area (TPSA) is 43.4 Å². The first-order chi connectivity index (χ1) is 6.46. The Bertz CT molecular complexity index is 291. The van der Waals surface area contributed by atoms with Gasteiger partial charge in [-0.25, -0.2) is 0 Å². The van der Waals surface area contributed by atoms with Gasteiger partial charge in [-0.2, -0.15) is 29.4 Å². The van der Waals surface area contributed by atoms with Crippen LogP contribution in [0.4, 0.5) is 20.9 Å². The van der Waals surface area contributed by atoms with Crippen LogP contribution in [0.2, 0.25) is 0 Å². The van der Waals surface area contributed by atoms with Crippen LogP contribution in [-0.2, 0) is 14.3 Å². The molecule has 3 nitrogen and oxygen atoms in total. The van der Waals surface area contributed by atoms with Crippen LogP contribution in [0.3, 0.4) is 0 Å². The molecule has 0 amide bonds. The van der Waals surface area contributed by atoms with Crippen LogP contribution in [0, 0.1) is 0 Å². The first kappa shape index (κ1) is 14.9. The van der Waals surface area contributed by atoms with Gasteiger partial charge in [0.15, 0.2) is 0 Å². The van der Waals surface area contributed by atoms with Gasteiger partial charge in [-0.05, 0) is 6.42 Å². The maximum atomic E-state index is 12.2. The summed E-state index contributed by atoms with van der Waals surface area (Å²) in [4.78, 5) is 0. The monoisotopic (exact) mass is 276 g/mol. The average molecular weight is 276 g/mol. The molecule has 0 aromatic rings. The Labute approximate surface area is 85.6 Å². The molecule has 0 aliphatic heterocycles. The van der Waals surface area contributed by atoms with Gasteiger partial charge in [0.05, 0.1) is 17.4 Å². The van der Waals surface area contributed by atoms with Crippen molar-refractivity contribution in [1.82, 2.24) is 0 Å². The zero-order valence-corrected chi connectivity index (χ0v) is 9.19. The van der Waals surface area contributed by atoms with Crippen LogP contribution in [0.15, 0.2) is 0 Å². The molecule has 0 radical (unpaired) electrons. The predicted molar refractivity (Wildman–Crippen MR) is 46.1 cm³/mol. The molecular formula is C5H9F5O3S2. The van der Waals surface area contributed by atoms with Crippen LogP contribution in [0.1, 0.15) is 6.42 Å². The maximum absolute atomic E-state index is 12.2. The van der Waals surface area contributed by atoms with Gasteiger partial charge in [0.2, 0.25) is 0 Å². The zero-order chi connectivity index (χ0) is 12.3. The third-order valence-corrected chi connectivity index (χ3v) is 3.22. The number of alkyl halides is 3. The zero-order valence-electron chi connectivity index (χ0n) is 7.55. The van der Waals surface area contributed by atoms with Gasteiger partial charge in [-0.3, -0.25) is 4.18 Å². The molecule has 0 saturated carbocycles. The fourth-order valence-corrected chi connectivity index (χ4v) is 1.64. The summed E-state index contributed by atoms with van der Waals surface area (Å²) in [6.07, 6.45) is 0.222. The van der Waals surface area contributed by atoms with Gasteiger partial charge >= 0.3 is 15.6 Å². The Morgan fingerprint density at radius 2 is 1.67 bits per heavy atom. The lowest BCUT2D eigenvalue weighted by atomic mass is 10.5. The maximum Gasteiger partial charge on any atom is 0.523 e. The summed E-state index contributed by atoms with van der Waals surface area (Å²) in [7, 11) is -9.48. The lowest BCUT2D eigenvalue weighted by Gasteiger charge is -2.14. The fourth-order valence-electron chi connectivity index (χ4n) is 0.548. The minimum absolute atomic E-state index is 0.436. The SMILES string of the molecule is CS(F)(F)CCCOS(=O)(=O)C(F)(F)F. The van der Waals surface area contributed by atoms with E-state index in [2.05, 4.69) is 4.18 Å². The smallest absolute Gasteiger partial charge is 0.263 e. The Hall–Kier alpha value is -0.0900. The van der Waals surface area contributed by atoms with Gasteiger partial charge in [0.1, 0.15) is 0 Å². The molecule has 15 heavy (non-hydrogen) atoms. The van der Waals surface area contributed by atoms with E-state index in [9.17, 15) is 29.4 Å². The second-order valence-electron chi connectivity index (χ2n) is 2.65. The molecule has 10 heteroatoms. The second-order valence-corrected chi connectivity index (χ2v) is 6.42. The summed E-state index contributed by atoms with van der Waals surface area (Å²) >= 11 is 0. The minimum atomic E-state index is -5.65. The highest BCUT2D eigenvalue weighted by Crippen LogP contribution is 2.47. The lowest BCUT2D eigenvalue weighted by molar-refractivity contribution is -0.0541. The van der Waals surface area contributed by atoms with Crippen LogP contribution in [0.25, 0.3) is 0 Å². The van der Waals surface area contributed by atoms with Crippen molar-refractivity contribution >= 4 is 20.9 Å². The molecule has 0 unspecified atom stereocenters. The van der Waals surface area contributed by atoms with Crippen molar-refractivity contribution < 1.29 is 33.5 Å². The largest absolute Gasteiger partial charge is 0.523 e. The van der Waals surface area contributed by atoms with Crippen LogP contribution in [0.5, 0.6) is 0 Å². The van der Waals surface area contributed by atoms with Crippen molar-refractivity contribution in [3.63, 3.8) is 0 Å². The quantitative estimate of drug-likeness (QED) is 0.335. The van der Waals surface area contributed by atoms with Gasteiger partial charge < -0.3 is 0 Å². The van der Waals surface area contributed by atoms with Gasteiger partial charge in [0.25, 0.3) is 0 Å². The summed E-state index contributed by atoms with van der Waals surface area (Å²) in [5.74, 6) is -0.652. The normalized spacial score (nSPS) is 15.3.